The number of carbonyl (C=O) groups excluding carboxylic acids is 4. The molecule has 0 radical (unpaired) electrons. The molecule has 0 unspecified atom stereocenters. The summed E-state index contributed by atoms with van der Waals surface area (Å²) in [6.45, 7) is 1.76. The molecule has 0 aliphatic carbocycles. The van der Waals surface area contributed by atoms with Crippen LogP contribution in [0, 0.1) is 0 Å². The minimum Gasteiger partial charge on any atom is -0.489 e. The van der Waals surface area contributed by atoms with E-state index in [1.807, 2.05) is 18.2 Å². The van der Waals surface area contributed by atoms with Gasteiger partial charge in [0.2, 0.25) is 5.91 Å². The molecule has 1 aliphatic heterocycles. The molecule has 42 heavy (non-hydrogen) atoms. The Labute approximate surface area is 251 Å². The number of ether oxygens (including phenoxy) is 2. The summed E-state index contributed by atoms with van der Waals surface area (Å²) < 4.78 is 10.9. The molecule has 10 heteroatoms. The summed E-state index contributed by atoms with van der Waals surface area (Å²) in [6, 6.07) is 25.8. The van der Waals surface area contributed by atoms with Crippen molar-refractivity contribution in [2.45, 2.75) is 13.5 Å². The van der Waals surface area contributed by atoms with E-state index in [4.69, 9.17) is 21.1 Å². The number of carbonyl (C=O) groups is 4. The van der Waals surface area contributed by atoms with Crippen LogP contribution in [0.4, 0.5) is 10.5 Å². The number of rotatable bonds is 9. The van der Waals surface area contributed by atoms with Crippen LogP contribution in [0.25, 0.3) is 16.8 Å². The number of nitrogens with zero attached hydrogens (tertiary/aromatic N) is 1. The molecule has 0 aromatic heterocycles. The van der Waals surface area contributed by atoms with Gasteiger partial charge in [-0.1, -0.05) is 60.1 Å². The zero-order valence-electron chi connectivity index (χ0n) is 22.5. The van der Waals surface area contributed by atoms with Gasteiger partial charge in [-0.05, 0) is 83.1 Å². The summed E-state index contributed by atoms with van der Waals surface area (Å²) in [7, 11) is 0. The first kappa shape index (κ1) is 28.9. The minimum absolute atomic E-state index is 0.0931. The standard InChI is InChI=1S/C32H25ClN2O6S/c1-2-40-31(38)26-17-24(11-14-27(26)33)34-29(36)18-35-30(37)28(42-32(35)39)16-20-8-12-25(13-9-20)41-19-21-7-10-22-5-3-4-6-23(22)15-21/h3-17H,2,18-19H2,1H3,(H,34,36)/b28-16-. The maximum atomic E-state index is 12.9. The molecule has 1 fully saturated rings. The Balaban J connectivity index is 1.18. The Bertz CT molecular complexity index is 1720. The fourth-order valence-corrected chi connectivity index (χ4v) is 5.29. The van der Waals surface area contributed by atoms with Crippen LogP contribution in [0.1, 0.15) is 28.4 Å². The Morgan fingerprint density at radius 1 is 0.952 bits per heavy atom. The average molecular weight is 601 g/mol. The monoisotopic (exact) mass is 600 g/mol. The summed E-state index contributed by atoms with van der Waals surface area (Å²) in [6.07, 6.45) is 1.60. The number of fused-ring (bicyclic) bond motifs is 1. The van der Waals surface area contributed by atoms with E-state index in [0.717, 1.165) is 27.6 Å². The number of hydrogen-bond acceptors (Lipinski definition) is 7. The second kappa shape index (κ2) is 12.9. The van der Waals surface area contributed by atoms with Crippen molar-refractivity contribution in [2.24, 2.45) is 0 Å². The molecule has 4 aromatic carbocycles. The average Bonchev–Trinajstić information content (AvgIpc) is 3.24. The summed E-state index contributed by atoms with van der Waals surface area (Å²) >= 11 is 6.82. The van der Waals surface area contributed by atoms with Crippen molar-refractivity contribution in [2.75, 3.05) is 18.5 Å². The van der Waals surface area contributed by atoms with Gasteiger partial charge in [-0.3, -0.25) is 19.3 Å². The molecule has 1 N–H and O–H groups in total. The van der Waals surface area contributed by atoms with Crippen LogP contribution in [0.2, 0.25) is 5.02 Å². The first-order valence-electron chi connectivity index (χ1n) is 13.0. The molecule has 4 aromatic rings. The lowest BCUT2D eigenvalue weighted by Crippen LogP contribution is -2.36. The molecular formula is C32H25ClN2O6S. The molecule has 0 bridgehead atoms. The highest BCUT2D eigenvalue weighted by atomic mass is 35.5. The molecule has 1 aliphatic rings. The fourth-order valence-electron chi connectivity index (χ4n) is 4.26. The molecule has 0 spiro atoms. The summed E-state index contributed by atoms with van der Waals surface area (Å²) in [5.41, 5.74) is 2.12. The Hall–Kier alpha value is -4.60. The van der Waals surface area contributed by atoms with Crippen molar-refractivity contribution in [3.05, 3.63) is 112 Å². The normalized spacial score (nSPS) is 14.0. The van der Waals surface area contributed by atoms with Crippen LogP contribution >= 0.6 is 23.4 Å². The van der Waals surface area contributed by atoms with E-state index in [9.17, 15) is 19.2 Å². The topological polar surface area (TPSA) is 102 Å². The highest BCUT2D eigenvalue weighted by Gasteiger charge is 2.36. The molecule has 212 valence electrons. The van der Waals surface area contributed by atoms with E-state index in [1.165, 1.54) is 23.6 Å². The van der Waals surface area contributed by atoms with E-state index in [0.29, 0.717) is 17.9 Å². The third kappa shape index (κ3) is 6.82. The Morgan fingerprint density at radius 3 is 2.48 bits per heavy atom. The van der Waals surface area contributed by atoms with Crippen LogP contribution in [0.15, 0.2) is 89.8 Å². The van der Waals surface area contributed by atoms with Crippen molar-refractivity contribution in [1.82, 2.24) is 4.90 Å². The Morgan fingerprint density at radius 2 is 1.71 bits per heavy atom. The van der Waals surface area contributed by atoms with Gasteiger partial charge in [-0.15, -0.1) is 0 Å². The van der Waals surface area contributed by atoms with Gasteiger partial charge in [0.05, 0.1) is 22.1 Å². The maximum absolute atomic E-state index is 12.9. The number of hydrogen-bond donors (Lipinski definition) is 1. The minimum atomic E-state index is -0.626. The smallest absolute Gasteiger partial charge is 0.339 e. The maximum Gasteiger partial charge on any atom is 0.339 e. The highest BCUT2D eigenvalue weighted by Crippen LogP contribution is 2.32. The number of imide groups is 1. The molecule has 1 heterocycles. The molecule has 5 rings (SSSR count). The Kier molecular flexibility index (Phi) is 8.90. The predicted octanol–water partition coefficient (Wildman–Crippen LogP) is 6.92. The fraction of sp³-hybridized carbons (Fsp3) is 0.125. The van der Waals surface area contributed by atoms with Crippen molar-refractivity contribution < 1.29 is 28.7 Å². The highest BCUT2D eigenvalue weighted by molar-refractivity contribution is 8.18. The molecular weight excluding hydrogens is 576 g/mol. The summed E-state index contributed by atoms with van der Waals surface area (Å²) in [4.78, 5) is 51.2. The van der Waals surface area contributed by atoms with Gasteiger partial charge in [0.25, 0.3) is 11.1 Å². The molecule has 1 saturated heterocycles. The number of halogens is 1. The first-order valence-corrected chi connectivity index (χ1v) is 14.2. The van der Waals surface area contributed by atoms with E-state index < -0.39 is 29.6 Å². The van der Waals surface area contributed by atoms with Crippen LogP contribution in [0.3, 0.4) is 0 Å². The lowest BCUT2D eigenvalue weighted by molar-refractivity contribution is -0.127. The molecule has 0 saturated carbocycles. The van der Waals surface area contributed by atoms with Gasteiger partial charge >= 0.3 is 5.97 Å². The van der Waals surface area contributed by atoms with Gasteiger partial charge in [0, 0.05) is 5.69 Å². The van der Waals surface area contributed by atoms with Crippen molar-refractivity contribution in [1.29, 1.82) is 0 Å². The molecule has 0 atom stereocenters. The third-order valence-corrected chi connectivity index (χ3v) is 7.55. The number of anilines is 1. The number of nitrogens with one attached hydrogen (secondary N) is 1. The van der Waals surface area contributed by atoms with Gasteiger partial charge in [-0.2, -0.15) is 0 Å². The molecule has 3 amide bonds. The van der Waals surface area contributed by atoms with E-state index >= 15 is 0 Å². The third-order valence-electron chi connectivity index (χ3n) is 6.32. The zero-order valence-corrected chi connectivity index (χ0v) is 24.0. The second-order valence-electron chi connectivity index (χ2n) is 9.27. The SMILES string of the molecule is CCOC(=O)c1cc(NC(=O)CN2C(=O)S/C(=C\c3ccc(OCc4ccc5ccccc5c4)cc3)C2=O)ccc1Cl. The lowest BCUT2D eigenvalue weighted by Gasteiger charge is -2.13. The van der Waals surface area contributed by atoms with Gasteiger partial charge in [0.1, 0.15) is 18.9 Å². The largest absolute Gasteiger partial charge is 0.489 e. The van der Waals surface area contributed by atoms with Crippen LogP contribution in [-0.2, 0) is 20.9 Å². The summed E-state index contributed by atoms with van der Waals surface area (Å²) in [5, 5.41) is 4.52. The molecule has 8 nitrogen and oxygen atoms in total. The van der Waals surface area contributed by atoms with Gasteiger partial charge in [0.15, 0.2) is 0 Å². The predicted molar refractivity (Wildman–Crippen MR) is 163 cm³/mol. The van der Waals surface area contributed by atoms with Crippen molar-refractivity contribution >= 4 is 68.9 Å². The number of thioether (sulfide) groups is 1. The van der Waals surface area contributed by atoms with Crippen LogP contribution in [0.5, 0.6) is 5.75 Å². The number of esters is 1. The number of amides is 3. The van der Waals surface area contributed by atoms with Crippen molar-refractivity contribution in [3.8, 4) is 5.75 Å². The van der Waals surface area contributed by atoms with Crippen LogP contribution in [-0.4, -0.2) is 41.1 Å². The second-order valence-corrected chi connectivity index (χ2v) is 10.7. The quantitative estimate of drug-likeness (QED) is 0.164. The van der Waals surface area contributed by atoms with E-state index in [-0.39, 0.29) is 27.8 Å². The van der Waals surface area contributed by atoms with Gasteiger partial charge in [-0.25, -0.2) is 4.79 Å². The lowest BCUT2D eigenvalue weighted by atomic mass is 10.1. The van der Waals surface area contributed by atoms with E-state index in [1.54, 1.807) is 37.3 Å². The first-order chi connectivity index (χ1) is 20.3. The van der Waals surface area contributed by atoms with Gasteiger partial charge < -0.3 is 14.8 Å². The van der Waals surface area contributed by atoms with Crippen molar-refractivity contribution in [3.63, 3.8) is 0 Å². The van der Waals surface area contributed by atoms with E-state index in [2.05, 4.69) is 29.6 Å². The number of benzene rings is 4. The summed E-state index contributed by atoms with van der Waals surface area (Å²) in [5.74, 6) is -1.14. The van der Waals surface area contributed by atoms with Crippen LogP contribution < -0.4 is 10.1 Å². The zero-order chi connectivity index (χ0) is 29.6.